The molecule has 0 atom stereocenters. The lowest BCUT2D eigenvalue weighted by Crippen LogP contribution is -2.23. The largest absolute Gasteiger partial charge is 0.493 e. The fraction of sp³-hybridized carbons (Fsp3) is 0.207. The molecule has 4 aromatic rings. The summed E-state index contributed by atoms with van der Waals surface area (Å²) in [4.78, 5) is 12.6. The lowest BCUT2D eigenvalue weighted by atomic mass is 9.96. The van der Waals surface area contributed by atoms with Gasteiger partial charge in [-0.05, 0) is 62.1 Å². The maximum Gasteiger partial charge on any atom is 0.244 e. The van der Waals surface area contributed by atoms with E-state index in [1.807, 2.05) is 57.2 Å². The first-order valence-corrected chi connectivity index (χ1v) is 11.4. The summed E-state index contributed by atoms with van der Waals surface area (Å²) in [6.07, 6.45) is 4.05. The van der Waals surface area contributed by atoms with E-state index in [4.69, 9.17) is 9.15 Å². The van der Waals surface area contributed by atoms with Crippen LogP contribution in [0.3, 0.4) is 0 Å². The zero-order chi connectivity index (χ0) is 24.1. The number of carbonyl (C=O) groups excluding carboxylic acids is 1. The Labute approximate surface area is 199 Å². The van der Waals surface area contributed by atoms with Gasteiger partial charge in [0, 0.05) is 34.7 Å². The number of benzene rings is 3. The monoisotopic (exact) mass is 457 g/mol. The van der Waals surface area contributed by atoms with E-state index in [9.17, 15) is 9.18 Å². The predicted octanol–water partition coefficient (Wildman–Crippen LogP) is 6.71. The number of rotatable bonds is 8. The Morgan fingerprint density at radius 1 is 1.12 bits per heavy atom. The van der Waals surface area contributed by atoms with E-state index in [0.29, 0.717) is 24.5 Å². The van der Waals surface area contributed by atoms with Crippen molar-refractivity contribution in [3.05, 3.63) is 95.5 Å². The second-order valence-electron chi connectivity index (χ2n) is 8.20. The molecule has 0 aliphatic carbocycles. The molecule has 34 heavy (non-hydrogen) atoms. The van der Waals surface area contributed by atoms with Crippen molar-refractivity contribution in [1.29, 1.82) is 0 Å². The summed E-state index contributed by atoms with van der Waals surface area (Å²) in [6, 6.07) is 18.4. The summed E-state index contributed by atoms with van der Waals surface area (Å²) in [5.41, 5.74) is 6.09. The molecule has 0 spiro atoms. The summed E-state index contributed by atoms with van der Waals surface area (Å²) in [6.45, 7) is 6.81. The third kappa shape index (κ3) is 5.04. The number of ether oxygens (including phenoxy) is 1. The summed E-state index contributed by atoms with van der Waals surface area (Å²) in [5.74, 6) is 0.254. The predicted molar refractivity (Wildman–Crippen MR) is 134 cm³/mol. The number of nitrogens with one attached hydrogen (secondary N) is 1. The Bertz CT molecular complexity index is 1320. The number of halogens is 1. The van der Waals surface area contributed by atoms with Crippen LogP contribution in [0.2, 0.25) is 0 Å². The van der Waals surface area contributed by atoms with E-state index in [1.54, 1.807) is 24.5 Å². The minimum atomic E-state index is -0.288. The Morgan fingerprint density at radius 3 is 2.56 bits per heavy atom. The molecule has 0 aliphatic rings. The number of amides is 1. The van der Waals surface area contributed by atoms with Gasteiger partial charge in [0.05, 0.1) is 12.9 Å². The fourth-order valence-electron chi connectivity index (χ4n) is 4.09. The highest BCUT2D eigenvalue weighted by Crippen LogP contribution is 2.40. The molecule has 1 aromatic heterocycles. The molecule has 5 heteroatoms. The first-order chi connectivity index (χ1) is 16.5. The summed E-state index contributed by atoms with van der Waals surface area (Å²) in [7, 11) is 0. The zero-order valence-electron chi connectivity index (χ0n) is 19.7. The highest BCUT2D eigenvalue weighted by molar-refractivity contribution is 6.01. The molecule has 1 amide bonds. The van der Waals surface area contributed by atoms with Crippen LogP contribution in [-0.4, -0.2) is 19.1 Å². The standard InChI is InChI=1S/C29H28FNO3/c1-4-33-28-20(3)29-25(26(18-34-29)22-10-12-23(30)13-11-22)17-24(28)19(2)16-27(32)31-15-14-21-8-6-5-7-9-21/h5-13,16-18H,4,14-15H2,1-3H3,(H,31,32)/b19-16+. The van der Waals surface area contributed by atoms with Crippen molar-refractivity contribution in [2.45, 2.75) is 27.2 Å². The third-order valence-electron chi connectivity index (χ3n) is 5.82. The number of furan rings is 1. The van der Waals surface area contributed by atoms with Crippen molar-refractivity contribution in [3.8, 4) is 16.9 Å². The van der Waals surface area contributed by atoms with Gasteiger partial charge in [-0.3, -0.25) is 4.79 Å². The highest BCUT2D eigenvalue weighted by Gasteiger charge is 2.19. The Kier molecular flexibility index (Phi) is 7.12. The molecule has 0 bridgehead atoms. The van der Waals surface area contributed by atoms with E-state index in [2.05, 4.69) is 5.32 Å². The van der Waals surface area contributed by atoms with E-state index in [0.717, 1.165) is 39.6 Å². The molecular formula is C29H28FNO3. The number of hydrogen-bond acceptors (Lipinski definition) is 3. The summed E-state index contributed by atoms with van der Waals surface area (Å²) < 4.78 is 25.3. The van der Waals surface area contributed by atoms with Gasteiger partial charge in [-0.15, -0.1) is 0 Å². The average Bonchev–Trinajstić information content (AvgIpc) is 3.26. The zero-order valence-corrected chi connectivity index (χ0v) is 19.7. The third-order valence-corrected chi connectivity index (χ3v) is 5.82. The molecule has 3 aromatic carbocycles. The highest BCUT2D eigenvalue weighted by atomic mass is 19.1. The first-order valence-electron chi connectivity index (χ1n) is 11.4. The lowest BCUT2D eigenvalue weighted by Gasteiger charge is -2.15. The number of aryl methyl sites for hydroxylation is 1. The second-order valence-corrected chi connectivity index (χ2v) is 8.20. The SMILES string of the molecule is CCOc1c(/C(C)=C/C(=O)NCCc2ccccc2)cc2c(-c3ccc(F)cc3)coc2c1C. The van der Waals surface area contributed by atoms with Crippen molar-refractivity contribution in [3.63, 3.8) is 0 Å². The molecule has 0 saturated heterocycles. The van der Waals surface area contributed by atoms with Crippen LogP contribution in [0.4, 0.5) is 4.39 Å². The van der Waals surface area contributed by atoms with Gasteiger partial charge in [0.25, 0.3) is 0 Å². The first kappa shape index (κ1) is 23.3. The fourth-order valence-corrected chi connectivity index (χ4v) is 4.09. The van der Waals surface area contributed by atoms with Crippen molar-refractivity contribution in [1.82, 2.24) is 5.32 Å². The van der Waals surface area contributed by atoms with E-state index < -0.39 is 0 Å². The Balaban J connectivity index is 1.65. The molecule has 0 fully saturated rings. The normalized spacial score (nSPS) is 11.6. The lowest BCUT2D eigenvalue weighted by molar-refractivity contribution is -0.116. The minimum Gasteiger partial charge on any atom is -0.493 e. The minimum absolute atomic E-state index is 0.153. The van der Waals surface area contributed by atoms with Crippen LogP contribution in [0.15, 0.2) is 77.4 Å². The van der Waals surface area contributed by atoms with Crippen molar-refractivity contribution < 1.29 is 18.3 Å². The van der Waals surface area contributed by atoms with Gasteiger partial charge in [0.1, 0.15) is 17.1 Å². The maximum atomic E-state index is 13.4. The van der Waals surface area contributed by atoms with Crippen molar-refractivity contribution >= 4 is 22.4 Å². The van der Waals surface area contributed by atoms with Gasteiger partial charge in [-0.1, -0.05) is 42.5 Å². The van der Waals surface area contributed by atoms with Crippen LogP contribution >= 0.6 is 0 Å². The summed E-state index contributed by atoms with van der Waals surface area (Å²) in [5, 5.41) is 3.85. The van der Waals surface area contributed by atoms with E-state index >= 15 is 0 Å². The molecule has 174 valence electrons. The second kappa shape index (κ2) is 10.4. The molecule has 0 aliphatic heterocycles. The molecule has 1 heterocycles. The molecule has 4 rings (SSSR count). The van der Waals surface area contributed by atoms with Crippen LogP contribution in [0.5, 0.6) is 5.75 Å². The van der Waals surface area contributed by atoms with Crippen molar-refractivity contribution in [2.24, 2.45) is 0 Å². The van der Waals surface area contributed by atoms with E-state index in [1.165, 1.54) is 17.7 Å². The molecular weight excluding hydrogens is 429 g/mol. The van der Waals surface area contributed by atoms with Gasteiger partial charge in [0.15, 0.2) is 0 Å². The smallest absolute Gasteiger partial charge is 0.244 e. The molecule has 1 N–H and O–H groups in total. The number of carbonyl (C=O) groups is 1. The Morgan fingerprint density at radius 2 is 1.85 bits per heavy atom. The maximum absolute atomic E-state index is 13.4. The number of allylic oxidation sites excluding steroid dienone is 1. The molecule has 0 saturated carbocycles. The number of hydrogen-bond donors (Lipinski definition) is 1. The number of fused-ring (bicyclic) bond motifs is 1. The van der Waals surface area contributed by atoms with Gasteiger partial charge in [-0.2, -0.15) is 0 Å². The van der Waals surface area contributed by atoms with Crippen LogP contribution in [0.1, 0.15) is 30.5 Å². The van der Waals surface area contributed by atoms with Gasteiger partial charge in [-0.25, -0.2) is 4.39 Å². The quantitative estimate of drug-likeness (QED) is 0.299. The van der Waals surface area contributed by atoms with Gasteiger partial charge < -0.3 is 14.5 Å². The van der Waals surface area contributed by atoms with Gasteiger partial charge in [0.2, 0.25) is 5.91 Å². The summed E-state index contributed by atoms with van der Waals surface area (Å²) >= 11 is 0. The van der Waals surface area contributed by atoms with Crippen LogP contribution < -0.4 is 10.1 Å². The molecule has 0 unspecified atom stereocenters. The topological polar surface area (TPSA) is 51.5 Å². The van der Waals surface area contributed by atoms with Crippen LogP contribution in [-0.2, 0) is 11.2 Å². The van der Waals surface area contributed by atoms with E-state index in [-0.39, 0.29) is 11.7 Å². The molecule has 0 radical (unpaired) electrons. The Hall–Kier alpha value is -3.86. The average molecular weight is 458 g/mol. The van der Waals surface area contributed by atoms with Crippen molar-refractivity contribution in [2.75, 3.05) is 13.2 Å². The van der Waals surface area contributed by atoms with Crippen LogP contribution in [0.25, 0.3) is 27.7 Å². The van der Waals surface area contributed by atoms with Gasteiger partial charge >= 0.3 is 0 Å². The van der Waals surface area contributed by atoms with Crippen LogP contribution in [0, 0.1) is 12.7 Å². The molecule has 4 nitrogen and oxygen atoms in total.